The van der Waals surface area contributed by atoms with Gasteiger partial charge in [-0.25, -0.2) is 0 Å². The van der Waals surface area contributed by atoms with Gasteiger partial charge in [0.05, 0.1) is 0 Å². The summed E-state index contributed by atoms with van der Waals surface area (Å²) in [6, 6.07) is 0. The predicted octanol–water partition coefficient (Wildman–Crippen LogP) is 2.70. The summed E-state index contributed by atoms with van der Waals surface area (Å²) in [5, 5.41) is 0. The first-order valence-corrected chi connectivity index (χ1v) is 6.54. The zero-order valence-electron chi connectivity index (χ0n) is 12.0. The van der Waals surface area contributed by atoms with E-state index in [1.54, 1.807) is 0 Å². The van der Waals surface area contributed by atoms with E-state index in [1.807, 2.05) is 0 Å². The van der Waals surface area contributed by atoms with Crippen LogP contribution in [0.5, 0.6) is 0 Å². The van der Waals surface area contributed by atoms with Crippen LogP contribution < -0.4 is 0 Å². The molecule has 1 fully saturated rings. The van der Waals surface area contributed by atoms with Crippen molar-refractivity contribution in [1.29, 1.82) is 0 Å². The zero-order chi connectivity index (χ0) is 13.9. The minimum atomic E-state index is -0.314. The average molecular weight is 256 g/mol. The lowest BCUT2D eigenvalue weighted by Crippen LogP contribution is -2.42. The van der Waals surface area contributed by atoms with Crippen molar-refractivity contribution in [2.45, 2.75) is 66.1 Å². The molecule has 1 rings (SSSR count). The molecule has 4 heteroatoms. The Morgan fingerprint density at radius 2 is 1.44 bits per heavy atom. The summed E-state index contributed by atoms with van der Waals surface area (Å²) >= 11 is 0. The van der Waals surface area contributed by atoms with Crippen LogP contribution in [0.4, 0.5) is 0 Å². The van der Waals surface area contributed by atoms with Gasteiger partial charge in [-0.05, 0) is 30.6 Å². The van der Waals surface area contributed by atoms with Gasteiger partial charge in [-0.15, -0.1) is 0 Å². The molecule has 4 nitrogen and oxygen atoms in total. The molecule has 0 amide bonds. The lowest BCUT2D eigenvalue weighted by atomic mass is 9.71. The first kappa shape index (κ1) is 15.0. The van der Waals surface area contributed by atoms with Gasteiger partial charge in [0.25, 0.3) is 0 Å². The quantitative estimate of drug-likeness (QED) is 0.713. The monoisotopic (exact) mass is 256 g/mol. The minimum absolute atomic E-state index is 0.180. The maximum absolute atomic E-state index is 11.1. The fraction of sp³-hybridized carbons (Fsp3) is 0.857. The number of rotatable bonds is 2. The van der Waals surface area contributed by atoms with Crippen molar-refractivity contribution in [3.63, 3.8) is 0 Å². The normalized spacial score (nSPS) is 28.6. The van der Waals surface area contributed by atoms with Crippen LogP contribution in [-0.2, 0) is 19.1 Å². The minimum Gasteiger partial charge on any atom is -0.459 e. The highest BCUT2D eigenvalue weighted by atomic mass is 16.6. The van der Waals surface area contributed by atoms with Crippen LogP contribution >= 0.6 is 0 Å². The van der Waals surface area contributed by atoms with Crippen molar-refractivity contribution >= 4 is 11.9 Å². The van der Waals surface area contributed by atoms with Crippen LogP contribution in [0.3, 0.4) is 0 Å². The Balaban J connectivity index is 2.72. The van der Waals surface area contributed by atoms with Gasteiger partial charge < -0.3 is 9.47 Å². The standard InChI is InChI=1S/C14H24O4/c1-9(15)17-12-7-6-11(14(3,4)5)8-13(12)18-10(2)16/h11-13H,6-8H2,1-5H3. The Kier molecular flexibility index (Phi) is 4.77. The Bertz CT molecular complexity index is 316. The average Bonchev–Trinajstić information content (AvgIpc) is 2.17. The molecule has 0 saturated heterocycles. The molecule has 18 heavy (non-hydrogen) atoms. The fourth-order valence-electron chi connectivity index (χ4n) is 2.57. The number of ether oxygens (including phenoxy) is 2. The summed E-state index contributed by atoms with van der Waals surface area (Å²) in [6.07, 6.45) is 1.94. The van der Waals surface area contributed by atoms with Crippen molar-refractivity contribution in [1.82, 2.24) is 0 Å². The molecule has 104 valence electrons. The van der Waals surface area contributed by atoms with Gasteiger partial charge in [0, 0.05) is 13.8 Å². The van der Waals surface area contributed by atoms with Crippen LogP contribution in [0.25, 0.3) is 0 Å². The molecule has 1 aliphatic carbocycles. The van der Waals surface area contributed by atoms with Gasteiger partial charge in [-0.2, -0.15) is 0 Å². The molecule has 0 heterocycles. The van der Waals surface area contributed by atoms with E-state index >= 15 is 0 Å². The first-order valence-electron chi connectivity index (χ1n) is 6.54. The van der Waals surface area contributed by atoms with Gasteiger partial charge in [0.1, 0.15) is 12.2 Å². The van der Waals surface area contributed by atoms with E-state index in [4.69, 9.17) is 9.47 Å². The maximum atomic E-state index is 11.1. The third-order valence-corrected chi connectivity index (χ3v) is 3.59. The largest absolute Gasteiger partial charge is 0.459 e. The number of carbonyl (C=O) groups excluding carboxylic acids is 2. The SMILES string of the molecule is CC(=O)OC1CCC(C(C)(C)C)CC1OC(C)=O. The van der Waals surface area contributed by atoms with Gasteiger partial charge in [0.2, 0.25) is 0 Å². The Labute approximate surface area is 109 Å². The molecule has 0 N–H and O–H groups in total. The van der Waals surface area contributed by atoms with Gasteiger partial charge >= 0.3 is 11.9 Å². The van der Waals surface area contributed by atoms with E-state index in [0.29, 0.717) is 5.92 Å². The number of hydrogen-bond donors (Lipinski definition) is 0. The molecule has 3 unspecified atom stereocenters. The number of hydrogen-bond acceptors (Lipinski definition) is 4. The first-order chi connectivity index (χ1) is 8.20. The summed E-state index contributed by atoms with van der Waals surface area (Å²) in [6.45, 7) is 9.35. The topological polar surface area (TPSA) is 52.6 Å². The van der Waals surface area contributed by atoms with Crippen molar-refractivity contribution in [3.8, 4) is 0 Å². The van der Waals surface area contributed by atoms with Gasteiger partial charge in [-0.1, -0.05) is 20.8 Å². The van der Waals surface area contributed by atoms with Gasteiger partial charge in [0.15, 0.2) is 0 Å². The molecule has 0 spiro atoms. The van der Waals surface area contributed by atoms with Crippen molar-refractivity contribution in [3.05, 3.63) is 0 Å². The van der Waals surface area contributed by atoms with E-state index in [0.717, 1.165) is 19.3 Å². The zero-order valence-corrected chi connectivity index (χ0v) is 12.0. The Hall–Kier alpha value is -1.06. The van der Waals surface area contributed by atoms with E-state index in [1.165, 1.54) is 13.8 Å². The molecule has 1 aliphatic rings. The summed E-state index contributed by atoms with van der Waals surface area (Å²) in [7, 11) is 0. The van der Waals surface area contributed by atoms with Crippen molar-refractivity contribution < 1.29 is 19.1 Å². The molecule has 0 aromatic rings. The van der Waals surface area contributed by atoms with Crippen molar-refractivity contribution in [2.24, 2.45) is 11.3 Å². The Morgan fingerprint density at radius 3 is 1.89 bits per heavy atom. The highest BCUT2D eigenvalue weighted by Gasteiger charge is 2.39. The second-order valence-corrected chi connectivity index (χ2v) is 6.17. The highest BCUT2D eigenvalue weighted by molar-refractivity contribution is 5.67. The van der Waals surface area contributed by atoms with Crippen LogP contribution in [0.1, 0.15) is 53.9 Å². The smallest absolute Gasteiger partial charge is 0.303 e. The molecule has 0 aliphatic heterocycles. The van der Waals surface area contributed by atoms with Crippen molar-refractivity contribution in [2.75, 3.05) is 0 Å². The van der Waals surface area contributed by atoms with E-state index in [-0.39, 0.29) is 29.6 Å². The molecule has 0 aromatic heterocycles. The number of esters is 2. The summed E-state index contributed by atoms with van der Waals surface area (Å²) in [5.74, 6) is -0.147. The van der Waals surface area contributed by atoms with Gasteiger partial charge in [-0.3, -0.25) is 9.59 Å². The summed E-state index contributed by atoms with van der Waals surface area (Å²) < 4.78 is 10.6. The summed E-state index contributed by atoms with van der Waals surface area (Å²) in [4.78, 5) is 22.2. The second-order valence-electron chi connectivity index (χ2n) is 6.17. The maximum Gasteiger partial charge on any atom is 0.303 e. The predicted molar refractivity (Wildman–Crippen MR) is 67.9 cm³/mol. The molecule has 0 radical (unpaired) electrons. The molecule has 3 atom stereocenters. The lowest BCUT2D eigenvalue weighted by Gasteiger charge is -2.40. The highest BCUT2D eigenvalue weighted by Crippen LogP contribution is 2.39. The van der Waals surface area contributed by atoms with Crippen LogP contribution in [0, 0.1) is 11.3 Å². The van der Waals surface area contributed by atoms with Crippen LogP contribution in [0.2, 0.25) is 0 Å². The molecular weight excluding hydrogens is 232 g/mol. The second kappa shape index (κ2) is 5.72. The molecule has 1 saturated carbocycles. The van der Waals surface area contributed by atoms with E-state index in [2.05, 4.69) is 20.8 Å². The third-order valence-electron chi connectivity index (χ3n) is 3.59. The lowest BCUT2D eigenvalue weighted by molar-refractivity contribution is -0.172. The third kappa shape index (κ3) is 4.31. The Morgan fingerprint density at radius 1 is 0.944 bits per heavy atom. The molecule has 0 bridgehead atoms. The molecular formula is C14H24O4. The number of carbonyl (C=O) groups is 2. The van der Waals surface area contributed by atoms with E-state index < -0.39 is 0 Å². The fourth-order valence-corrected chi connectivity index (χ4v) is 2.57. The summed E-state index contributed by atoms with van der Waals surface area (Å²) in [5.41, 5.74) is 0.180. The van der Waals surface area contributed by atoms with E-state index in [9.17, 15) is 9.59 Å². The van der Waals surface area contributed by atoms with Crippen LogP contribution in [0.15, 0.2) is 0 Å². The molecule has 0 aromatic carbocycles. The van der Waals surface area contributed by atoms with Crippen LogP contribution in [-0.4, -0.2) is 24.1 Å².